The molecular formula is C10H6B3F3O. The monoisotopic (exact) mass is 232 g/mol. The van der Waals surface area contributed by atoms with Gasteiger partial charge in [0.05, 0.1) is 29.1 Å². The van der Waals surface area contributed by atoms with Crippen LogP contribution >= 0.6 is 0 Å². The predicted molar refractivity (Wildman–Crippen MR) is 60.5 cm³/mol. The Labute approximate surface area is 101 Å². The number of carbonyl (C=O) groups is 1. The lowest BCUT2D eigenvalue weighted by Gasteiger charge is -2.21. The third-order valence-electron chi connectivity index (χ3n) is 2.28. The van der Waals surface area contributed by atoms with Gasteiger partial charge in [-0.15, -0.1) is 0 Å². The van der Waals surface area contributed by atoms with Gasteiger partial charge in [-0.1, -0.05) is 17.2 Å². The zero-order chi connectivity index (χ0) is 13.4. The molecule has 1 nitrogen and oxygen atoms in total. The summed E-state index contributed by atoms with van der Waals surface area (Å²) in [5.74, 6) is -0.943. The van der Waals surface area contributed by atoms with E-state index in [-0.39, 0.29) is 11.1 Å². The van der Waals surface area contributed by atoms with Crippen LogP contribution < -0.4 is 0 Å². The van der Waals surface area contributed by atoms with Crippen molar-refractivity contribution < 1.29 is 18.0 Å². The molecule has 0 unspecified atom stereocenters. The van der Waals surface area contributed by atoms with E-state index in [9.17, 15) is 18.0 Å². The molecule has 0 aliphatic heterocycles. The van der Waals surface area contributed by atoms with Crippen LogP contribution in [0.25, 0.3) is 0 Å². The topological polar surface area (TPSA) is 17.1 Å². The van der Waals surface area contributed by atoms with Crippen molar-refractivity contribution in [1.29, 1.82) is 0 Å². The van der Waals surface area contributed by atoms with E-state index in [0.717, 1.165) is 12.1 Å². The van der Waals surface area contributed by atoms with Crippen molar-refractivity contribution in [3.05, 3.63) is 34.9 Å². The Morgan fingerprint density at radius 3 is 2.12 bits per heavy atom. The second-order valence-electron chi connectivity index (χ2n) is 3.74. The number of carbonyl (C=O) groups excluding carboxylic acids is 1. The lowest BCUT2D eigenvalue weighted by atomic mass is 9.40. The molecule has 1 aromatic carbocycles. The highest BCUT2D eigenvalue weighted by Crippen LogP contribution is 2.34. The molecule has 6 radical (unpaired) electrons. The predicted octanol–water partition coefficient (Wildman–Crippen LogP) is 1.78. The van der Waals surface area contributed by atoms with Gasteiger partial charge in [0.25, 0.3) is 0 Å². The third-order valence-corrected chi connectivity index (χ3v) is 2.28. The molecule has 0 spiro atoms. The largest absolute Gasteiger partial charge is 0.416 e. The first-order valence-corrected chi connectivity index (χ1v) is 4.63. The van der Waals surface area contributed by atoms with E-state index in [4.69, 9.17) is 23.5 Å². The molecule has 0 atom stereocenters. The average molecular weight is 232 g/mol. The first-order valence-electron chi connectivity index (χ1n) is 4.63. The lowest BCUT2D eigenvalue weighted by molar-refractivity contribution is -0.138. The maximum absolute atomic E-state index is 12.6. The first-order chi connectivity index (χ1) is 7.55. The summed E-state index contributed by atoms with van der Waals surface area (Å²) in [6.45, 7) is 1.17. The maximum Gasteiger partial charge on any atom is 0.416 e. The highest BCUT2D eigenvalue weighted by Gasteiger charge is 2.34. The maximum atomic E-state index is 12.6. The molecule has 0 aliphatic rings. The van der Waals surface area contributed by atoms with Crippen molar-refractivity contribution in [2.24, 2.45) is 0 Å². The summed E-state index contributed by atoms with van der Waals surface area (Å²) in [6, 6.07) is 3.18. The van der Waals surface area contributed by atoms with Crippen molar-refractivity contribution in [2.45, 2.75) is 18.2 Å². The summed E-state index contributed by atoms with van der Waals surface area (Å²) in [4.78, 5) is 11.6. The number of halogens is 3. The molecule has 0 N–H and O–H groups in total. The van der Waals surface area contributed by atoms with E-state index in [1.165, 1.54) is 13.0 Å². The molecular weight excluding hydrogens is 226 g/mol. The molecule has 0 aliphatic carbocycles. The van der Waals surface area contributed by atoms with E-state index in [1.807, 2.05) is 0 Å². The van der Waals surface area contributed by atoms with Crippen LogP contribution in [0.4, 0.5) is 13.2 Å². The van der Waals surface area contributed by atoms with E-state index in [0.29, 0.717) is 0 Å². The van der Waals surface area contributed by atoms with Crippen LogP contribution in [0.3, 0.4) is 0 Å². The van der Waals surface area contributed by atoms with Crippen LogP contribution in [0.15, 0.2) is 18.2 Å². The second-order valence-corrected chi connectivity index (χ2v) is 3.74. The summed E-state index contributed by atoms with van der Waals surface area (Å²) < 4.78 is 37.8. The lowest BCUT2D eigenvalue weighted by Crippen LogP contribution is -2.26. The van der Waals surface area contributed by atoms with Gasteiger partial charge in [-0.25, -0.2) is 0 Å². The number of hydrogen-bond donors (Lipinski definition) is 0. The average Bonchev–Trinajstić information content (AvgIpc) is 2.13. The zero-order valence-corrected chi connectivity index (χ0v) is 9.01. The number of rotatable bonds is 2. The van der Waals surface area contributed by atoms with E-state index in [2.05, 4.69) is 0 Å². The molecule has 0 fully saturated rings. The van der Waals surface area contributed by atoms with Gasteiger partial charge >= 0.3 is 6.18 Å². The van der Waals surface area contributed by atoms with E-state index in [1.54, 1.807) is 0 Å². The fourth-order valence-corrected chi connectivity index (χ4v) is 1.42. The molecule has 0 saturated carbocycles. The number of hydrogen-bond acceptors (Lipinski definition) is 1. The number of Topliss-reactive ketones (excluding diaryl/α,β-unsaturated/α-hetero) is 1. The molecule has 7 heteroatoms. The van der Waals surface area contributed by atoms with Gasteiger partial charge in [0.1, 0.15) is 5.78 Å². The van der Waals surface area contributed by atoms with Crippen LogP contribution in [0.5, 0.6) is 0 Å². The number of benzene rings is 1. The second kappa shape index (κ2) is 4.28. The van der Waals surface area contributed by atoms with Gasteiger partial charge in [0.15, 0.2) is 0 Å². The molecule has 0 saturated heterocycles. The Morgan fingerprint density at radius 2 is 1.71 bits per heavy atom. The fourth-order valence-electron chi connectivity index (χ4n) is 1.42. The van der Waals surface area contributed by atoms with Gasteiger partial charge in [-0.3, -0.25) is 4.79 Å². The first kappa shape index (κ1) is 13.9. The highest BCUT2D eigenvalue weighted by atomic mass is 19.4. The van der Waals surface area contributed by atoms with Gasteiger partial charge in [-0.05, 0) is 18.6 Å². The van der Waals surface area contributed by atoms with Gasteiger partial charge in [-0.2, -0.15) is 13.2 Å². The molecule has 0 bridgehead atoms. The van der Waals surface area contributed by atoms with Crippen LogP contribution in [0, 0.1) is 6.92 Å². The quantitative estimate of drug-likeness (QED) is 0.560. The van der Waals surface area contributed by atoms with Gasteiger partial charge < -0.3 is 0 Å². The number of ketones is 1. The van der Waals surface area contributed by atoms with Crippen molar-refractivity contribution in [1.82, 2.24) is 0 Å². The Morgan fingerprint density at radius 1 is 1.18 bits per heavy atom. The van der Waals surface area contributed by atoms with Crippen molar-refractivity contribution in [3.8, 4) is 0 Å². The Hall–Kier alpha value is -1.13. The molecule has 1 aromatic rings. The Kier molecular flexibility index (Phi) is 3.51. The van der Waals surface area contributed by atoms with E-state index < -0.39 is 22.6 Å². The zero-order valence-electron chi connectivity index (χ0n) is 9.01. The van der Waals surface area contributed by atoms with Crippen LogP contribution in [0.1, 0.15) is 21.5 Å². The van der Waals surface area contributed by atoms with Gasteiger partial charge in [0, 0.05) is 5.56 Å². The van der Waals surface area contributed by atoms with E-state index >= 15 is 0 Å². The van der Waals surface area contributed by atoms with Crippen LogP contribution in [0.2, 0.25) is 5.11 Å². The van der Waals surface area contributed by atoms with Crippen molar-refractivity contribution in [3.63, 3.8) is 0 Å². The summed E-state index contributed by atoms with van der Waals surface area (Å²) >= 11 is 0. The van der Waals surface area contributed by atoms with Crippen molar-refractivity contribution >= 4 is 29.3 Å². The standard InChI is InChI=1S/C10H6B3F3O/c1-5-6(8(17)9(11,12)13)3-2-4-7(5)10(14,15)16/h2-4H,1H3. The highest BCUT2D eigenvalue weighted by molar-refractivity contribution is 6.70. The third kappa shape index (κ3) is 2.96. The number of alkyl halides is 3. The van der Waals surface area contributed by atoms with Crippen molar-refractivity contribution in [2.75, 3.05) is 0 Å². The fraction of sp³-hybridized carbons (Fsp3) is 0.300. The minimum absolute atomic E-state index is 0.229. The SMILES string of the molecule is [B]C([B])([B])C(=O)c1cccc(C(F)(F)F)c1C. The smallest absolute Gasteiger partial charge is 0.296 e. The summed E-state index contributed by atoms with van der Waals surface area (Å²) in [5.41, 5.74) is -1.38. The molecule has 82 valence electrons. The Balaban J connectivity index is 3.35. The summed E-state index contributed by atoms with van der Waals surface area (Å²) in [6.07, 6.45) is -4.54. The van der Waals surface area contributed by atoms with Gasteiger partial charge in [0.2, 0.25) is 0 Å². The molecule has 0 aromatic heterocycles. The normalized spacial score (nSPS) is 12.5. The Bertz CT molecular complexity index is 449. The molecule has 17 heavy (non-hydrogen) atoms. The van der Waals surface area contributed by atoms with Crippen LogP contribution in [-0.2, 0) is 6.18 Å². The summed E-state index contributed by atoms with van der Waals surface area (Å²) in [7, 11) is 15.5. The molecule has 1 rings (SSSR count). The molecule has 0 amide bonds. The summed E-state index contributed by atoms with van der Waals surface area (Å²) in [5, 5.41) is -2.19. The molecule has 0 heterocycles. The minimum atomic E-state index is -4.54. The van der Waals surface area contributed by atoms with Crippen LogP contribution in [-0.4, -0.2) is 29.3 Å². The minimum Gasteiger partial charge on any atom is -0.296 e.